The van der Waals surface area contributed by atoms with E-state index in [0.717, 1.165) is 24.8 Å². The highest BCUT2D eigenvalue weighted by molar-refractivity contribution is 5.95. The minimum Gasteiger partial charge on any atom is -0.359 e. The molecule has 3 aromatic rings. The third kappa shape index (κ3) is 3.07. The first kappa shape index (κ1) is 18.0. The van der Waals surface area contributed by atoms with E-state index in [1.165, 1.54) is 24.1 Å². The van der Waals surface area contributed by atoms with Gasteiger partial charge in [-0.15, -0.1) is 0 Å². The molecule has 6 nitrogen and oxygen atoms in total. The van der Waals surface area contributed by atoms with Gasteiger partial charge in [-0.2, -0.15) is 0 Å². The maximum atomic E-state index is 11.9. The number of fused-ring (bicyclic) bond motifs is 1. The zero-order chi connectivity index (χ0) is 19.7. The normalized spacial score (nSPS) is 16.3. The number of hydrogen-bond acceptors (Lipinski definition) is 4. The molecule has 1 aliphatic heterocycles. The number of carbonyl (C=O) groups excluding carboxylic acids is 1. The molecule has 28 heavy (non-hydrogen) atoms. The van der Waals surface area contributed by atoms with E-state index in [9.17, 15) is 14.9 Å². The van der Waals surface area contributed by atoms with Crippen molar-refractivity contribution in [3.8, 4) is 0 Å². The average Bonchev–Trinajstić information content (AvgIpc) is 3.21. The Morgan fingerprint density at radius 2 is 1.93 bits per heavy atom. The molecule has 0 aliphatic carbocycles. The van der Waals surface area contributed by atoms with Crippen molar-refractivity contribution in [2.24, 2.45) is 0 Å². The Morgan fingerprint density at radius 1 is 1.14 bits per heavy atom. The van der Waals surface area contributed by atoms with Crippen LogP contribution in [0.3, 0.4) is 0 Å². The van der Waals surface area contributed by atoms with Crippen LogP contribution >= 0.6 is 0 Å². The molecule has 0 unspecified atom stereocenters. The van der Waals surface area contributed by atoms with E-state index in [1.807, 2.05) is 18.2 Å². The highest BCUT2D eigenvalue weighted by Crippen LogP contribution is 2.42. The minimum atomic E-state index is -0.403. The molecule has 0 bridgehead atoms. The summed E-state index contributed by atoms with van der Waals surface area (Å²) in [6.45, 7) is 0.744. The summed E-state index contributed by atoms with van der Waals surface area (Å²) in [5.41, 5.74) is 2.00. The lowest BCUT2D eigenvalue weighted by molar-refractivity contribution is -0.384. The van der Waals surface area contributed by atoms with Crippen LogP contribution in [0.1, 0.15) is 34.8 Å². The van der Waals surface area contributed by atoms with Gasteiger partial charge in [-0.3, -0.25) is 14.9 Å². The number of nitro groups is 1. The Labute approximate surface area is 162 Å². The number of nitro benzene ring substituents is 1. The van der Waals surface area contributed by atoms with Gasteiger partial charge in [0.25, 0.3) is 11.6 Å². The quantitative estimate of drug-likeness (QED) is 0.540. The van der Waals surface area contributed by atoms with Gasteiger partial charge < -0.3 is 10.2 Å². The van der Waals surface area contributed by atoms with Crippen molar-refractivity contribution in [2.75, 3.05) is 18.5 Å². The van der Waals surface area contributed by atoms with E-state index in [0.29, 0.717) is 11.3 Å². The van der Waals surface area contributed by atoms with Gasteiger partial charge in [-0.25, -0.2) is 0 Å². The Hall–Kier alpha value is -3.41. The summed E-state index contributed by atoms with van der Waals surface area (Å²) in [7, 11) is 1.51. The predicted molar refractivity (Wildman–Crippen MR) is 110 cm³/mol. The van der Waals surface area contributed by atoms with Gasteiger partial charge in [0, 0.05) is 25.2 Å². The number of benzene rings is 3. The Kier molecular flexibility index (Phi) is 4.69. The largest absolute Gasteiger partial charge is 0.359 e. The zero-order valence-corrected chi connectivity index (χ0v) is 15.6. The Bertz CT molecular complexity index is 1060. The summed E-state index contributed by atoms with van der Waals surface area (Å²) in [6.07, 6.45) is 1.89. The molecule has 0 saturated carbocycles. The number of nitrogens with zero attached hydrogens (tertiary/aromatic N) is 2. The molecule has 4 rings (SSSR count). The fraction of sp³-hybridized carbons (Fsp3) is 0.227. The standard InChI is InChI=1S/C22H21N3O3/c1-23-22(26)16-11-12-20(21(14-16)25(27)28)24-13-5-10-19(24)18-9-4-7-15-6-2-3-8-17(15)18/h2-4,6-9,11-12,14,19H,5,10,13H2,1H3,(H,23,26)/t19-/m0/s1. The lowest BCUT2D eigenvalue weighted by Gasteiger charge is -2.28. The third-order valence-corrected chi connectivity index (χ3v) is 5.41. The fourth-order valence-electron chi connectivity index (χ4n) is 4.12. The van der Waals surface area contributed by atoms with Crippen LogP contribution in [0.15, 0.2) is 60.7 Å². The van der Waals surface area contributed by atoms with Crippen molar-refractivity contribution in [3.05, 3.63) is 81.9 Å². The lowest BCUT2D eigenvalue weighted by atomic mass is 9.96. The fourth-order valence-corrected chi connectivity index (χ4v) is 4.12. The van der Waals surface area contributed by atoms with Crippen molar-refractivity contribution in [1.82, 2.24) is 5.32 Å². The smallest absolute Gasteiger partial charge is 0.293 e. The number of hydrogen-bond donors (Lipinski definition) is 1. The summed E-state index contributed by atoms with van der Waals surface area (Å²) in [5.74, 6) is -0.332. The van der Waals surface area contributed by atoms with Crippen LogP contribution in [0.25, 0.3) is 10.8 Å². The molecule has 1 aliphatic rings. The SMILES string of the molecule is CNC(=O)c1ccc(N2CCC[C@H]2c2cccc3ccccc23)c([N+](=O)[O-])c1. The van der Waals surface area contributed by atoms with E-state index >= 15 is 0 Å². The second kappa shape index (κ2) is 7.31. The first-order valence-electron chi connectivity index (χ1n) is 9.35. The van der Waals surface area contributed by atoms with Crippen LogP contribution in [-0.4, -0.2) is 24.4 Å². The van der Waals surface area contributed by atoms with Gasteiger partial charge in [0.1, 0.15) is 5.69 Å². The van der Waals surface area contributed by atoms with E-state index in [1.54, 1.807) is 12.1 Å². The van der Waals surface area contributed by atoms with Crippen LogP contribution in [-0.2, 0) is 0 Å². The van der Waals surface area contributed by atoms with Crippen LogP contribution in [0, 0.1) is 10.1 Å². The summed E-state index contributed by atoms with van der Waals surface area (Å²) in [5, 5.41) is 16.6. The predicted octanol–water partition coefficient (Wildman–Crippen LogP) is 4.45. The molecule has 1 fully saturated rings. The molecule has 0 spiro atoms. The van der Waals surface area contributed by atoms with Crippen LogP contribution in [0.2, 0.25) is 0 Å². The second-order valence-electron chi connectivity index (χ2n) is 6.96. The van der Waals surface area contributed by atoms with E-state index in [-0.39, 0.29) is 17.6 Å². The second-order valence-corrected chi connectivity index (χ2v) is 6.96. The number of anilines is 1. The number of amides is 1. The molecule has 6 heteroatoms. The molecule has 3 aromatic carbocycles. The average molecular weight is 375 g/mol. The molecule has 1 heterocycles. The molecule has 1 N–H and O–H groups in total. The zero-order valence-electron chi connectivity index (χ0n) is 15.6. The molecule has 0 radical (unpaired) electrons. The van der Waals surface area contributed by atoms with Gasteiger partial charge in [-0.1, -0.05) is 42.5 Å². The lowest BCUT2D eigenvalue weighted by Crippen LogP contribution is -2.24. The van der Waals surface area contributed by atoms with E-state index in [2.05, 4.69) is 34.5 Å². The minimum absolute atomic E-state index is 0.0340. The molecule has 1 saturated heterocycles. The maximum absolute atomic E-state index is 11.9. The molecular formula is C22H21N3O3. The topological polar surface area (TPSA) is 75.5 Å². The number of rotatable bonds is 4. The van der Waals surface area contributed by atoms with E-state index < -0.39 is 4.92 Å². The molecular weight excluding hydrogens is 354 g/mol. The summed E-state index contributed by atoms with van der Waals surface area (Å²) in [6, 6.07) is 19.2. The van der Waals surface area contributed by atoms with Gasteiger partial charge >= 0.3 is 0 Å². The van der Waals surface area contributed by atoms with Gasteiger partial charge in [-0.05, 0) is 41.3 Å². The Morgan fingerprint density at radius 3 is 2.71 bits per heavy atom. The number of carbonyl (C=O) groups is 1. The van der Waals surface area contributed by atoms with Crippen molar-refractivity contribution in [1.29, 1.82) is 0 Å². The summed E-state index contributed by atoms with van der Waals surface area (Å²) < 4.78 is 0. The maximum Gasteiger partial charge on any atom is 0.293 e. The highest BCUT2D eigenvalue weighted by Gasteiger charge is 2.32. The van der Waals surface area contributed by atoms with Crippen molar-refractivity contribution >= 4 is 28.1 Å². The van der Waals surface area contributed by atoms with Crippen molar-refractivity contribution in [3.63, 3.8) is 0 Å². The summed E-state index contributed by atoms with van der Waals surface area (Å²) in [4.78, 5) is 25.4. The Balaban J connectivity index is 1.80. The highest BCUT2D eigenvalue weighted by atomic mass is 16.6. The van der Waals surface area contributed by atoms with Crippen LogP contribution in [0.5, 0.6) is 0 Å². The molecule has 0 aromatic heterocycles. The van der Waals surface area contributed by atoms with Gasteiger partial charge in [0.05, 0.1) is 11.0 Å². The van der Waals surface area contributed by atoms with Crippen LogP contribution < -0.4 is 10.2 Å². The molecule has 142 valence electrons. The molecule has 1 atom stereocenters. The van der Waals surface area contributed by atoms with Crippen molar-refractivity contribution < 1.29 is 9.72 Å². The molecule has 1 amide bonds. The number of nitrogens with one attached hydrogen (secondary N) is 1. The van der Waals surface area contributed by atoms with Crippen molar-refractivity contribution in [2.45, 2.75) is 18.9 Å². The first-order valence-corrected chi connectivity index (χ1v) is 9.35. The van der Waals surface area contributed by atoms with E-state index in [4.69, 9.17) is 0 Å². The monoisotopic (exact) mass is 375 g/mol. The first-order chi connectivity index (χ1) is 13.6. The van der Waals surface area contributed by atoms with Gasteiger partial charge in [0.15, 0.2) is 0 Å². The van der Waals surface area contributed by atoms with Gasteiger partial charge in [0.2, 0.25) is 0 Å². The van der Waals surface area contributed by atoms with Crippen LogP contribution in [0.4, 0.5) is 11.4 Å². The summed E-state index contributed by atoms with van der Waals surface area (Å²) >= 11 is 0. The third-order valence-electron chi connectivity index (χ3n) is 5.41.